The first-order valence-corrected chi connectivity index (χ1v) is 9.25. The van der Waals surface area contributed by atoms with Gasteiger partial charge in [-0.2, -0.15) is 0 Å². The lowest BCUT2D eigenvalue weighted by Gasteiger charge is -2.21. The van der Waals surface area contributed by atoms with Crippen molar-refractivity contribution >= 4 is 39.0 Å². The molecule has 0 fully saturated rings. The first kappa shape index (κ1) is 16.1. The minimum absolute atomic E-state index is 0.173. The van der Waals surface area contributed by atoms with Gasteiger partial charge in [0.25, 0.3) is 0 Å². The van der Waals surface area contributed by atoms with Crippen molar-refractivity contribution in [1.82, 2.24) is 0 Å². The summed E-state index contributed by atoms with van der Waals surface area (Å²) in [4.78, 5) is 2.64. The van der Waals surface area contributed by atoms with Gasteiger partial charge in [-0.3, -0.25) is 0 Å². The molecule has 2 aromatic rings. The van der Waals surface area contributed by atoms with Crippen LogP contribution in [-0.4, -0.2) is 6.04 Å². The monoisotopic (exact) mass is 369 g/mol. The van der Waals surface area contributed by atoms with Gasteiger partial charge in [-0.25, -0.2) is 0 Å². The molecule has 108 valence electrons. The molecular weight excluding hydrogens is 350 g/mol. The fraction of sp³-hybridized carbons (Fsp3) is 0.375. The number of aryl methyl sites for hydroxylation is 2. The van der Waals surface area contributed by atoms with Crippen molar-refractivity contribution in [2.45, 2.75) is 43.4 Å². The quantitative estimate of drug-likeness (QED) is 0.684. The minimum Gasteiger partial charge on any atom is -0.326 e. The summed E-state index contributed by atoms with van der Waals surface area (Å²) >= 11 is 7.20. The third kappa shape index (κ3) is 3.88. The second-order valence-electron chi connectivity index (χ2n) is 5.00. The van der Waals surface area contributed by atoms with Crippen LogP contribution in [0.4, 0.5) is 0 Å². The molecule has 0 spiro atoms. The number of benzene rings is 1. The van der Waals surface area contributed by atoms with Crippen LogP contribution in [0.2, 0.25) is 0 Å². The van der Waals surface area contributed by atoms with Crippen molar-refractivity contribution in [2.24, 2.45) is 5.73 Å². The first-order chi connectivity index (χ1) is 9.51. The molecule has 2 rings (SSSR count). The van der Waals surface area contributed by atoms with Gasteiger partial charge < -0.3 is 5.73 Å². The molecule has 1 heterocycles. The highest BCUT2D eigenvalue weighted by atomic mass is 79.9. The molecule has 2 atom stereocenters. The number of halogens is 1. The van der Waals surface area contributed by atoms with Crippen LogP contribution in [0.15, 0.2) is 39.0 Å². The van der Waals surface area contributed by atoms with E-state index in [4.69, 9.17) is 5.73 Å². The van der Waals surface area contributed by atoms with E-state index in [0.717, 1.165) is 6.42 Å². The van der Waals surface area contributed by atoms with Gasteiger partial charge in [0.2, 0.25) is 0 Å². The van der Waals surface area contributed by atoms with E-state index in [2.05, 4.69) is 67.0 Å². The lowest BCUT2D eigenvalue weighted by molar-refractivity contribution is 0.640. The molecule has 2 N–H and O–H groups in total. The van der Waals surface area contributed by atoms with E-state index in [-0.39, 0.29) is 6.04 Å². The average Bonchev–Trinajstić information content (AvgIpc) is 2.85. The number of hydrogen-bond acceptors (Lipinski definition) is 3. The Hall–Kier alpha value is -0.290. The van der Waals surface area contributed by atoms with E-state index < -0.39 is 0 Å². The number of hydrogen-bond donors (Lipinski definition) is 1. The molecule has 0 saturated carbocycles. The molecule has 0 aliphatic heterocycles. The summed E-state index contributed by atoms with van der Waals surface area (Å²) in [5, 5.41) is 0.318. The van der Waals surface area contributed by atoms with Gasteiger partial charge in [0.05, 0.1) is 9.04 Å². The Balaban J connectivity index is 2.25. The minimum atomic E-state index is 0.173. The molecule has 1 nitrogen and oxygen atoms in total. The number of rotatable bonds is 5. The molecule has 20 heavy (non-hydrogen) atoms. The second-order valence-corrected chi connectivity index (χ2v) is 8.71. The van der Waals surface area contributed by atoms with Crippen LogP contribution < -0.4 is 5.73 Å². The zero-order chi connectivity index (χ0) is 14.7. The Morgan fingerprint density at radius 3 is 2.50 bits per heavy atom. The van der Waals surface area contributed by atoms with Crippen molar-refractivity contribution in [3.05, 3.63) is 50.1 Å². The van der Waals surface area contributed by atoms with Gasteiger partial charge in [0.1, 0.15) is 0 Å². The van der Waals surface area contributed by atoms with E-state index in [1.54, 1.807) is 11.3 Å². The standard InChI is InChI=1S/C16H20BrNS2/c1-4-13(18)16(14-7-8-15(17)20-14)19-12-6-5-10(2)11(3)9-12/h5-9,13,16H,4,18H2,1-3H3. The van der Waals surface area contributed by atoms with Crippen molar-refractivity contribution in [1.29, 1.82) is 0 Å². The fourth-order valence-corrected chi connectivity index (χ4v) is 5.00. The predicted octanol–water partition coefficient (Wildman–Crippen LogP) is 5.70. The van der Waals surface area contributed by atoms with E-state index >= 15 is 0 Å². The maximum absolute atomic E-state index is 6.34. The molecule has 0 bridgehead atoms. The van der Waals surface area contributed by atoms with Crippen LogP contribution in [0.25, 0.3) is 0 Å². The van der Waals surface area contributed by atoms with Gasteiger partial charge >= 0.3 is 0 Å². The molecule has 0 aliphatic carbocycles. The summed E-state index contributed by atoms with van der Waals surface area (Å²) in [6.07, 6.45) is 0.984. The third-order valence-electron chi connectivity index (χ3n) is 3.48. The first-order valence-electron chi connectivity index (χ1n) is 6.76. The normalized spacial score (nSPS) is 14.2. The van der Waals surface area contributed by atoms with Crippen LogP contribution in [0.3, 0.4) is 0 Å². The van der Waals surface area contributed by atoms with Crippen molar-refractivity contribution in [3.8, 4) is 0 Å². The fourth-order valence-electron chi connectivity index (χ4n) is 1.99. The van der Waals surface area contributed by atoms with Crippen molar-refractivity contribution in [3.63, 3.8) is 0 Å². The largest absolute Gasteiger partial charge is 0.326 e. The van der Waals surface area contributed by atoms with Gasteiger partial charge in [-0.15, -0.1) is 23.1 Å². The second kappa shape index (κ2) is 7.12. The SMILES string of the molecule is CCC(N)C(Sc1ccc(C)c(C)c1)c1ccc(Br)s1. The maximum atomic E-state index is 6.34. The summed E-state index contributed by atoms with van der Waals surface area (Å²) in [5.74, 6) is 0. The van der Waals surface area contributed by atoms with E-state index in [1.165, 1.54) is 24.7 Å². The van der Waals surface area contributed by atoms with Gasteiger partial charge in [-0.1, -0.05) is 13.0 Å². The van der Waals surface area contributed by atoms with E-state index in [9.17, 15) is 0 Å². The average molecular weight is 370 g/mol. The predicted molar refractivity (Wildman–Crippen MR) is 94.8 cm³/mol. The third-order valence-corrected chi connectivity index (χ3v) is 6.72. The Morgan fingerprint density at radius 1 is 1.20 bits per heavy atom. The smallest absolute Gasteiger partial charge is 0.0701 e. The summed E-state index contributed by atoms with van der Waals surface area (Å²) in [5.41, 5.74) is 9.02. The van der Waals surface area contributed by atoms with E-state index in [0.29, 0.717) is 5.25 Å². The Labute approximate surface area is 138 Å². The highest BCUT2D eigenvalue weighted by Crippen LogP contribution is 2.42. The zero-order valence-corrected chi connectivity index (χ0v) is 15.2. The molecular formula is C16H20BrNS2. The van der Waals surface area contributed by atoms with Crippen molar-refractivity contribution in [2.75, 3.05) is 0 Å². The molecule has 0 saturated heterocycles. The molecule has 2 unspecified atom stereocenters. The molecule has 0 aliphatic rings. The van der Waals surface area contributed by atoms with Gasteiger partial charge in [-0.05, 0) is 71.6 Å². The van der Waals surface area contributed by atoms with Crippen LogP contribution in [0, 0.1) is 13.8 Å². The summed E-state index contributed by atoms with van der Waals surface area (Å²) in [7, 11) is 0. The molecule has 0 radical (unpaired) electrons. The molecule has 1 aromatic heterocycles. The molecule has 0 amide bonds. The van der Waals surface area contributed by atoms with Crippen molar-refractivity contribution < 1.29 is 0 Å². The Bertz CT molecular complexity index is 580. The Morgan fingerprint density at radius 2 is 1.95 bits per heavy atom. The molecule has 1 aromatic carbocycles. The summed E-state index contributed by atoms with van der Waals surface area (Å²) in [6, 6.07) is 11.1. The number of nitrogens with two attached hydrogens (primary N) is 1. The number of thioether (sulfide) groups is 1. The molecule has 4 heteroatoms. The number of thiophene rings is 1. The van der Waals surface area contributed by atoms with Crippen LogP contribution in [0.1, 0.15) is 34.6 Å². The summed E-state index contributed by atoms with van der Waals surface area (Å²) in [6.45, 7) is 6.46. The highest BCUT2D eigenvalue weighted by Gasteiger charge is 2.21. The maximum Gasteiger partial charge on any atom is 0.0701 e. The van der Waals surface area contributed by atoms with Crippen LogP contribution >= 0.6 is 39.0 Å². The van der Waals surface area contributed by atoms with Gasteiger partial charge in [0, 0.05) is 15.8 Å². The topological polar surface area (TPSA) is 26.0 Å². The van der Waals surface area contributed by atoms with Crippen LogP contribution in [-0.2, 0) is 0 Å². The summed E-state index contributed by atoms with van der Waals surface area (Å²) < 4.78 is 1.17. The zero-order valence-electron chi connectivity index (χ0n) is 12.0. The van der Waals surface area contributed by atoms with E-state index in [1.807, 2.05) is 11.8 Å². The van der Waals surface area contributed by atoms with Crippen LogP contribution in [0.5, 0.6) is 0 Å². The lowest BCUT2D eigenvalue weighted by Crippen LogP contribution is -2.25. The van der Waals surface area contributed by atoms with Gasteiger partial charge in [0.15, 0.2) is 0 Å². The Kier molecular flexibility index (Phi) is 5.73. The lowest BCUT2D eigenvalue weighted by atomic mass is 10.1. The highest BCUT2D eigenvalue weighted by molar-refractivity contribution is 9.11.